The van der Waals surface area contributed by atoms with Crippen LogP contribution in [-0.2, 0) is 13.5 Å². The maximum Gasteiger partial charge on any atom is 0.181 e. The summed E-state index contributed by atoms with van der Waals surface area (Å²) in [5.74, 6) is 0. The van der Waals surface area contributed by atoms with Crippen molar-refractivity contribution in [1.82, 2.24) is 0 Å². The van der Waals surface area contributed by atoms with E-state index in [1.807, 2.05) is 0 Å². The van der Waals surface area contributed by atoms with Crippen molar-refractivity contribution in [3.8, 4) is 0 Å². The predicted octanol–water partition coefficient (Wildman–Crippen LogP) is 7.15. The predicted molar refractivity (Wildman–Crippen MR) is 111 cm³/mol. The number of rotatable bonds is 15. The lowest BCUT2D eigenvalue weighted by Gasteiger charge is -2.07. The van der Waals surface area contributed by atoms with Gasteiger partial charge in [-0.15, -0.1) is 0 Å². The zero-order valence-corrected chi connectivity index (χ0v) is 17.7. The number of nitrogens with zero attached hydrogens (tertiary/aromatic N) is 1. The normalized spacial score (nSPS) is 11.2. The number of hydrogen-bond acceptors (Lipinski definition) is 0. The smallest absolute Gasteiger partial charge is 0.181 e. The zero-order valence-electron chi connectivity index (χ0n) is 17.7. The Morgan fingerprint density at radius 1 is 0.680 bits per heavy atom. The minimum Gasteiger partial charge on any atom is -0.205 e. The maximum absolute atomic E-state index is 2.31. The highest BCUT2D eigenvalue weighted by Gasteiger charge is 2.08. The first-order valence-corrected chi connectivity index (χ1v) is 11.1. The molecule has 1 rings (SSSR count). The largest absolute Gasteiger partial charge is 0.205 e. The molecular weight excluding hydrogens is 302 g/mol. The Labute approximate surface area is 158 Å². The van der Waals surface area contributed by atoms with Crippen LogP contribution in [0.5, 0.6) is 0 Å². The van der Waals surface area contributed by atoms with Crippen molar-refractivity contribution in [1.29, 1.82) is 0 Å². The van der Waals surface area contributed by atoms with E-state index < -0.39 is 0 Å². The lowest BCUT2D eigenvalue weighted by atomic mass is 10.0. The van der Waals surface area contributed by atoms with Gasteiger partial charge in [-0.25, -0.2) is 4.57 Å². The van der Waals surface area contributed by atoms with Crippen LogP contribution in [0.2, 0.25) is 0 Å². The van der Waals surface area contributed by atoms with Gasteiger partial charge in [-0.2, -0.15) is 0 Å². The maximum atomic E-state index is 2.31. The number of pyridine rings is 1. The van der Waals surface area contributed by atoms with Gasteiger partial charge in [0.05, 0.1) is 0 Å². The molecule has 0 saturated carbocycles. The van der Waals surface area contributed by atoms with Crippen LogP contribution in [0.3, 0.4) is 0 Å². The summed E-state index contributed by atoms with van der Waals surface area (Å²) in [7, 11) is 2.14. The van der Waals surface area contributed by atoms with E-state index in [9.17, 15) is 0 Å². The first kappa shape index (κ1) is 22.2. The molecule has 1 heterocycles. The van der Waals surface area contributed by atoms with Crippen LogP contribution >= 0.6 is 0 Å². The summed E-state index contributed by atoms with van der Waals surface area (Å²) in [4.78, 5) is 0. The molecule has 1 aromatic rings. The average molecular weight is 347 g/mol. The molecule has 1 heteroatoms. The lowest BCUT2D eigenvalue weighted by Crippen LogP contribution is -2.32. The molecule has 0 aliphatic rings. The fourth-order valence-corrected chi connectivity index (χ4v) is 3.72. The van der Waals surface area contributed by atoms with Crippen LogP contribution in [-0.4, -0.2) is 0 Å². The van der Waals surface area contributed by atoms with E-state index in [0.717, 1.165) is 0 Å². The molecule has 0 fully saturated rings. The third-order valence-electron chi connectivity index (χ3n) is 5.85. The highest BCUT2D eigenvalue weighted by Crippen LogP contribution is 2.15. The molecule has 0 unspecified atom stereocenters. The summed E-state index contributed by atoms with van der Waals surface area (Å²) < 4.78 is 2.23. The second-order valence-corrected chi connectivity index (χ2v) is 8.01. The Morgan fingerprint density at radius 3 is 1.60 bits per heavy atom. The molecule has 0 saturated heterocycles. The summed E-state index contributed by atoms with van der Waals surface area (Å²) in [5, 5.41) is 0. The number of hydrogen-bond donors (Lipinski definition) is 0. The van der Waals surface area contributed by atoms with E-state index in [1.165, 1.54) is 108 Å². The van der Waals surface area contributed by atoms with E-state index in [2.05, 4.69) is 44.6 Å². The second kappa shape index (κ2) is 14.3. The Balaban J connectivity index is 1.90. The SMILES string of the molecule is CCCCCCCCCCCCCCCCc1cc[n+](C)c(C)c1C. The third-order valence-corrected chi connectivity index (χ3v) is 5.85. The van der Waals surface area contributed by atoms with E-state index in [1.54, 1.807) is 5.56 Å². The summed E-state index contributed by atoms with van der Waals surface area (Å²) >= 11 is 0. The molecule has 1 nitrogen and oxygen atoms in total. The van der Waals surface area contributed by atoms with E-state index in [-0.39, 0.29) is 0 Å². The van der Waals surface area contributed by atoms with Crippen molar-refractivity contribution in [2.45, 2.75) is 117 Å². The number of aryl methyl sites for hydroxylation is 2. The summed E-state index contributed by atoms with van der Waals surface area (Å²) in [5.41, 5.74) is 4.44. The summed E-state index contributed by atoms with van der Waals surface area (Å²) in [6.07, 6.45) is 23.6. The molecule has 144 valence electrons. The van der Waals surface area contributed by atoms with Gasteiger partial charge in [-0.1, -0.05) is 90.4 Å². The lowest BCUT2D eigenvalue weighted by molar-refractivity contribution is -0.678. The van der Waals surface area contributed by atoms with E-state index >= 15 is 0 Å². The van der Waals surface area contributed by atoms with Crippen molar-refractivity contribution < 1.29 is 4.57 Å². The Morgan fingerprint density at radius 2 is 1.12 bits per heavy atom. The molecule has 0 amide bonds. The molecule has 0 N–H and O–H groups in total. The Kier molecular flexibility index (Phi) is 12.7. The van der Waals surface area contributed by atoms with Crippen LogP contribution in [0.25, 0.3) is 0 Å². The quantitative estimate of drug-likeness (QED) is 0.234. The molecule has 0 atom stereocenters. The van der Waals surface area contributed by atoms with Crippen LogP contribution in [0.15, 0.2) is 12.3 Å². The molecular formula is C24H44N+. The van der Waals surface area contributed by atoms with Gasteiger partial charge < -0.3 is 0 Å². The van der Waals surface area contributed by atoms with Crippen LogP contribution in [0, 0.1) is 13.8 Å². The van der Waals surface area contributed by atoms with Crippen LogP contribution in [0.4, 0.5) is 0 Å². The van der Waals surface area contributed by atoms with E-state index in [4.69, 9.17) is 0 Å². The average Bonchev–Trinajstić information content (AvgIpc) is 2.61. The van der Waals surface area contributed by atoms with Gasteiger partial charge in [0, 0.05) is 18.6 Å². The first-order chi connectivity index (χ1) is 12.2. The topological polar surface area (TPSA) is 3.88 Å². The van der Waals surface area contributed by atoms with Gasteiger partial charge in [-0.05, 0) is 25.3 Å². The first-order valence-electron chi connectivity index (χ1n) is 11.1. The summed E-state index contributed by atoms with van der Waals surface area (Å²) in [6.45, 7) is 6.79. The summed E-state index contributed by atoms with van der Waals surface area (Å²) in [6, 6.07) is 2.31. The monoisotopic (exact) mass is 346 g/mol. The van der Waals surface area contributed by atoms with Gasteiger partial charge in [0.1, 0.15) is 7.05 Å². The van der Waals surface area contributed by atoms with Gasteiger partial charge in [0.2, 0.25) is 0 Å². The van der Waals surface area contributed by atoms with Crippen molar-refractivity contribution in [2.75, 3.05) is 0 Å². The van der Waals surface area contributed by atoms with Crippen LogP contribution in [0.1, 0.15) is 114 Å². The molecule has 0 spiro atoms. The molecule has 1 aromatic heterocycles. The highest BCUT2D eigenvalue weighted by atomic mass is 14.9. The van der Waals surface area contributed by atoms with Gasteiger partial charge >= 0.3 is 0 Å². The van der Waals surface area contributed by atoms with Crippen molar-refractivity contribution in [3.05, 3.63) is 29.1 Å². The molecule has 0 radical (unpaired) electrons. The zero-order chi connectivity index (χ0) is 18.3. The molecule has 0 bridgehead atoms. The minimum absolute atomic E-state index is 1.26. The third kappa shape index (κ3) is 10.0. The number of aromatic nitrogens is 1. The minimum atomic E-state index is 1.26. The van der Waals surface area contributed by atoms with Crippen LogP contribution < -0.4 is 4.57 Å². The van der Waals surface area contributed by atoms with Gasteiger partial charge in [0.15, 0.2) is 11.9 Å². The second-order valence-electron chi connectivity index (χ2n) is 8.01. The molecule has 25 heavy (non-hydrogen) atoms. The number of unbranched alkanes of at least 4 members (excludes halogenated alkanes) is 13. The van der Waals surface area contributed by atoms with Crippen molar-refractivity contribution in [2.24, 2.45) is 7.05 Å². The highest BCUT2D eigenvalue weighted by molar-refractivity contribution is 5.24. The van der Waals surface area contributed by atoms with Crippen molar-refractivity contribution in [3.63, 3.8) is 0 Å². The standard InChI is InChI=1S/C24H44N/c1-5-6-7-8-9-10-11-12-13-14-15-16-17-18-19-24-20-21-25(4)23(3)22(24)2/h20-21H,5-19H2,1-4H3/q+1. The Bertz CT molecular complexity index is 450. The van der Waals surface area contributed by atoms with Crippen molar-refractivity contribution >= 4 is 0 Å². The molecule has 0 aromatic carbocycles. The fourth-order valence-electron chi connectivity index (χ4n) is 3.72. The van der Waals surface area contributed by atoms with Gasteiger partial charge in [0.25, 0.3) is 0 Å². The van der Waals surface area contributed by atoms with E-state index in [0.29, 0.717) is 0 Å². The molecule has 0 aliphatic carbocycles. The molecule has 0 aliphatic heterocycles. The fraction of sp³-hybridized carbons (Fsp3) is 0.792. The van der Waals surface area contributed by atoms with Gasteiger partial charge in [-0.3, -0.25) is 0 Å². The Hall–Kier alpha value is -0.850.